The Morgan fingerprint density at radius 1 is 1.23 bits per heavy atom. The molecule has 1 atom stereocenters. The third-order valence-corrected chi connectivity index (χ3v) is 5.87. The van der Waals surface area contributed by atoms with E-state index in [2.05, 4.69) is 20.5 Å². The van der Waals surface area contributed by atoms with Crippen molar-refractivity contribution >= 4 is 40.2 Å². The lowest BCUT2D eigenvalue weighted by Gasteiger charge is -2.29. The predicted octanol–water partition coefficient (Wildman–Crippen LogP) is 5.58. The van der Waals surface area contributed by atoms with Gasteiger partial charge in [-0.05, 0) is 29.0 Å². The highest BCUT2D eigenvalue weighted by Gasteiger charge is 2.62. The van der Waals surface area contributed by atoms with Crippen LogP contribution < -0.4 is 5.32 Å². The van der Waals surface area contributed by atoms with Gasteiger partial charge in [-0.1, -0.05) is 58.3 Å². The Morgan fingerprint density at radius 2 is 1.97 bits per heavy atom. The van der Waals surface area contributed by atoms with E-state index in [1.807, 2.05) is 0 Å². The first-order chi connectivity index (χ1) is 16.7. The zero-order chi connectivity index (χ0) is 25.2. The molecule has 35 heavy (non-hydrogen) atoms. The molecule has 1 heterocycles. The number of halogens is 5. The number of benzene rings is 3. The summed E-state index contributed by atoms with van der Waals surface area (Å²) in [5.74, 6) is -1.24. The summed E-state index contributed by atoms with van der Waals surface area (Å²) < 4.78 is 56.4. The average molecular weight is 508 g/mol. The van der Waals surface area contributed by atoms with E-state index in [-0.39, 0.29) is 17.8 Å². The normalized spacial score (nSPS) is 17.9. The van der Waals surface area contributed by atoms with E-state index in [1.165, 1.54) is 25.5 Å². The highest BCUT2D eigenvalue weighted by atomic mass is 35.5. The van der Waals surface area contributed by atoms with Crippen molar-refractivity contribution in [2.45, 2.75) is 18.2 Å². The summed E-state index contributed by atoms with van der Waals surface area (Å²) >= 11 is 5.75. The minimum atomic E-state index is -4.88. The van der Waals surface area contributed by atoms with Crippen molar-refractivity contribution in [3.05, 3.63) is 82.1 Å². The topological polar surface area (TPSA) is 72.3 Å². The van der Waals surface area contributed by atoms with Gasteiger partial charge in [0.25, 0.3) is 11.5 Å². The van der Waals surface area contributed by atoms with E-state index in [9.17, 15) is 22.4 Å². The van der Waals surface area contributed by atoms with Crippen LogP contribution in [0.25, 0.3) is 10.8 Å². The number of alkyl halides is 3. The molecule has 0 saturated heterocycles. The van der Waals surface area contributed by atoms with E-state index in [0.29, 0.717) is 21.9 Å². The van der Waals surface area contributed by atoms with Gasteiger partial charge in [-0.2, -0.15) is 13.2 Å². The Kier molecular flexibility index (Phi) is 6.66. The fourth-order valence-electron chi connectivity index (χ4n) is 3.89. The van der Waals surface area contributed by atoms with Crippen molar-refractivity contribution in [1.29, 1.82) is 0 Å². The van der Waals surface area contributed by atoms with Crippen molar-refractivity contribution in [3.63, 3.8) is 0 Å². The maximum Gasteiger partial charge on any atom is 0.435 e. The van der Waals surface area contributed by atoms with Gasteiger partial charge < -0.3 is 15.0 Å². The number of fused-ring (bicyclic) bond motifs is 1. The third-order valence-electron chi connectivity index (χ3n) is 5.59. The summed E-state index contributed by atoms with van der Waals surface area (Å²) in [4.78, 5) is 22.2. The predicted molar refractivity (Wildman–Crippen MR) is 123 cm³/mol. The standard InChI is InChI=1S/C24H18ClF4N3O3/c1-34-31-11-10-30-22(33)18-8-7-17(15-4-2-3-5-16(15)18)21-13-23(35-32-21,24(27,28)29)14-6-9-20(26)19(25)12-14/h2-9,11-12H,10,13H2,1H3,(H,30,33)/b31-11+. The molecule has 0 aromatic heterocycles. The fraction of sp³-hybridized carbons (Fsp3) is 0.208. The molecule has 3 aromatic rings. The van der Waals surface area contributed by atoms with Gasteiger partial charge >= 0.3 is 6.18 Å². The molecule has 0 aliphatic carbocycles. The Labute approximate surface area is 202 Å². The molecule has 0 spiro atoms. The first-order valence-corrected chi connectivity index (χ1v) is 10.7. The summed E-state index contributed by atoms with van der Waals surface area (Å²) in [6.45, 7) is 0.123. The first-order valence-electron chi connectivity index (χ1n) is 10.3. The summed E-state index contributed by atoms with van der Waals surface area (Å²) in [6, 6.07) is 12.5. The van der Waals surface area contributed by atoms with Crippen LogP contribution in [0.3, 0.4) is 0 Å². The zero-order valence-corrected chi connectivity index (χ0v) is 19.0. The molecule has 182 valence electrons. The van der Waals surface area contributed by atoms with Gasteiger partial charge in [0.15, 0.2) is 0 Å². The number of hydrogen-bond acceptors (Lipinski definition) is 5. The van der Waals surface area contributed by atoms with E-state index in [4.69, 9.17) is 16.4 Å². The summed E-state index contributed by atoms with van der Waals surface area (Å²) in [5, 5.41) is 10.6. The number of nitrogens with zero attached hydrogens (tertiary/aromatic N) is 2. The number of hydrogen-bond donors (Lipinski definition) is 1. The van der Waals surface area contributed by atoms with Gasteiger partial charge in [0.05, 0.1) is 23.5 Å². The SMILES string of the molecule is CO/N=C/CNC(=O)c1ccc(C2=NOC(c3ccc(F)c(Cl)c3)(C(F)(F)F)C2)c2ccccc12. The Morgan fingerprint density at radius 3 is 2.66 bits per heavy atom. The minimum Gasteiger partial charge on any atom is -0.399 e. The maximum absolute atomic E-state index is 14.3. The zero-order valence-electron chi connectivity index (χ0n) is 18.2. The summed E-state index contributed by atoms with van der Waals surface area (Å²) in [5.41, 5.74) is -2.48. The lowest BCUT2D eigenvalue weighted by Crippen LogP contribution is -2.42. The largest absolute Gasteiger partial charge is 0.435 e. The van der Waals surface area contributed by atoms with E-state index < -0.39 is 34.9 Å². The lowest BCUT2D eigenvalue weighted by molar-refractivity contribution is -0.275. The van der Waals surface area contributed by atoms with Crippen molar-refractivity contribution in [3.8, 4) is 0 Å². The Hall–Kier alpha value is -3.66. The highest BCUT2D eigenvalue weighted by molar-refractivity contribution is 6.30. The monoisotopic (exact) mass is 507 g/mol. The number of nitrogens with one attached hydrogen (secondary N) is 1. The second kappa shape index (κ2) is 9.53. The third kappa shape index (κ3) is 4.53. The number of amides is 1. The molecule has 0 radical (unpaired) electrons. The molecule has 1 amide bonds. The van der Waals surface area contributed by atoms with Crippen molar-refractivity contribution < 1.29 is 32.0 Å². The number of oxime groups is 2. The van der Waals surface area contributed by atoms with Gasteiger partial charge in [0.2, 0.25) is 0 Å². The van der Waals surface area contributed by atoms with Crippen LogP contribution in [0.4, 0.5) is 17.6 Å². The van der Waals surface area contributed by atoms with Crippen LogP contribution in [0.15, 0.2) is 64.9 Å². The van der Waals surface area contributed by atoms with Crippen molar-refractivity contribution in [2.75, 3.05) is 13.7 Å². The molecule has 4 rings (SSSR count). The molecule has 0 bridgehead atoms. The smallest absolute Gasteiger partial charge is 0.399 e. The molecular formula is C24H18ClF4N3O3. The molecular weight excluding hydrogens is 490 g/mol. The van der Waals surface area contributed by atoms with E-state index in [1.54, 1.807) is 24.3 Å². The van der Waals surface area contributed by atoms with Crippen LogP contribution in [-0.2, 0) is 15.3 Å². The van der Waals surface area contributed by atoms with Crippen molar-refractivity contribution in [2.24, 2.45) is 10.3 Å². The average Bonchev–Trinajstić information content (AvgIpc) is 3.29. The van der Waals surface area contributed by atoms with Crippen LogP contribution in [0.5, 0.6) is 0 Å². The van der Waals surface area contributed by atoms with Gasteiger partial charge in [0.1, 0.15) is 12.9 Å². The van der Waals surface area contributed by atoms with Crippen LogP contribution in [0.1, 0.15) is 27.9 Å². The molecule has 6 nitrogen and oxygen atoms in total. The fourth-order valence-corrected chi connectivity index (χ4v) is 4.07. The van der Waals surface area contributed by atoms with Gasteiger partial charge in [-0.3, -0.25) is 4.79 Å². The summed E-state index contributed by atoms with van der Waals surface area (Å²) in [6.07, 6.45) is -4.17. The molecule has 1 unspecified atom stereocenters. The first kappa shape index (κ1) is 24.5. The molecule has 1 N–H and O–H groups in total. The van der Waals surface area contributed by atoms with Gasteiger partial charge in [-0.15, -0.1) is 0 Å². The molecule has 3 aromatic carbocycles. The van der Waals surface area contributed by atoms with Crippen LogP contribution >= 0.6 is 11.6 Å². The second-order valence-corrected chi connectivity index (χ2v) is 8.05. The van der Waals surface area contributed by atoms with Crippen LogP contribution in [0, 0.1) is 5.82 Å². The molecule has 11 heteroatoms. The van der Waals surface area contributed by atoms with E-state index in [0.717, 1.165) is 18.2 Å². The number of carbonyl (C=O) groups excluding carboxylic acids is 1. The second-order valence-electron chi connectivity index (χ2n) is 7.65. The van der Waals surface area contributed by atoms with Gasteiger partial charge in [0, 0.05) is 23.1 Å². The highest BCUT2D eigenvalue weighted by Crippen LogP contribution is 2.49. The minimum absolute atomic E-state index is 0.0261. The van der Waals surface area contributed by atoms with Crippen LogP contribution in [0.2, 0.25) is 5.02 Å². The van der Waals surface area contributed by atoms with E-state index >= 15 is 0 Å². The molecule has 1 aliphatic rings. The van der Waals surface area contributed by atoms with Crippen LogP contribution in [-0.4, -0.2) is 37.7 Å². The lowest BCUT2D eigenvalue weighted by atomic mass is 9.85. The number of carbonyl (C=O) groups is 1. The Bertz CT molecular complexity index is 1340. The molecule has 0 saturated carbocycles. The Balaban J connectivity index is 1.72. The quantitative estimate of drug-likeness (QED) is 0.269. The summed E-state index contributed by atoms with van der Waals surface area (Å²) in [7, 11) is 1.37. The molecule has 1 aliphatic heterocycles. The number of rotatable bonds is 6. The maximum atomic E-state index is 14.3. The van der Waals surface area contributed by atoms with Gasteiger partial charge in [-0.25, -0.2) is 4.39 Å². The van der Waals surface area contributed by atoms with Crippen molar-refractivity contribution in [1.82, 2.24) is 5.32 Å². The molecule has 0 fully saturated rings.